The highest BCUT2D eigenvalue weighted by atomic mass is 16.5. The van der Waals surface area contributed by atoms with Gasteiger partial charge in [-0.3, -0.25) is 19.8 Å². The molecule has 2 N–H and O–H groups in total. The number of benzene rings is 1. The second-order valence-electron chi connectivity index (χ2n) is 6.38. The van der Waals surface area contributed by atoms with Crippen LogP contribution in [0.4, 0.5) is 4.79 Å². The summed E-state index contributed by atoms with van der Waals surface area (Å²) in [6.07, 6.45) is 1.91. The fourth-order valence-corrected chi connectivity index (χ4v) is 2.51. The van der Waals surface area contributed by atoms with E-state index in [-0.39, 0.29) is 24.5 Å². The molecule has 1 saturated carbocycles. The molecular formula is C18H25N3O4. The largest absolute Gasteiger partial charge is 0.469 e. The molecule has 1 fully saturated rings. The van der Waals surface area contributed by atoms with Gasteiger partial charge in [0.25, 0.3) is 0 Å². The lowest BCUT2D eigenvalue weighted by atomic mass is 10.1. The summed E-state index contributed by atoms with van der Waals surface area (Å²) < 4.78 is 4.75. The van der Waals surface area contributed by atoms with Crippen molar-refractivity contribution in [3.05, 3.63) is 35.9 Å². The number of hydrogen-bond donors (Lipinski definition) is 2. The molecule has 1 atom stereocenters. The number of nitrogens with one attached hydrogen (secondary N) is 2. The van der Waals surface area contributed by atoms with E-state index in [0.717, 1.165) is 18.4 Å². The van der Waals surface area contributed by atoms with Crippen molar-refractivity contribution in [3.8, 4) is 0 Å². The number of carbonyl (C=O) groups excluding carboxylic acids is 3. The predicted molar refractivity (Wildman–Crippen MR) is 92.6 cm³/mol. The van der Waals surface area contributed by atoms with Gasteiger partial charge < -0.3 is 10.1 Å². The highest BCUT2D eigenvalue weighted by Gasteiger charge is 2.25. The minimum Gasteiger partial charge on any atom is -0.469 e. The minimum absolute atomic E-state index is 0.0221. The van der Waals surface area contributed by atoms with E-state index in [1.165, 1.54) is 7.11 Å². The molecule has 1 aliphatic carbocycles. The van der Waals surface area contributed by atoms with Gasteiger partial charge in [0.05, 0.1) is 19.6 Å². The van der Waals surface area contributed by atoms with Crippen LogP contribution in [0.2, 0.25) is 0 Å². The molecule has 0 unspecified atom stereocenters. The van der Waals surface area contributed by atoms with Crippen LogP contribution in [0.25, 0.3) is 0 Å². The lowest BCUT2D eigenvalue weighted by Gasteiger charge is -2.24. The third-order valence-electron chi connectivity index (χ3n) is 3.92. The summed E-state index contributed by atoms with van der Waals surface area (Å²) in [6, 6.07) is 9.38. The molecule has 0 saturated heterocycles. The highest BCUT2D eigenvalue weighted by Crippen LogP contribution is 2.18. The number of esters is 1. The quantitative estimate of drug-likeness (QED) is 0.692. The van der Waals surface area contributed by atoms with Gasteiger partial charge in [-0.05, 0) is 18.4 Å². The van der Waals surface area contributed by atoms with Crippen molar-refractivity contribution in [1.82, 2.24) is 15.5 Å². The van der Waals surface area contributed by atoms with Gasteiger partial charge in [0.15, 0.2) is 0 Å². The van der Waals surface area contributed by atoms with Crippen LogP contribution in [0.15, 0.2) is 30.3 Å². The first-order valence-electron chi connectivity index (χ1n) is 8.42. The summed E-state index contributed by atoms with van der Waals surface area (Å²) >= 11 is 0. The highest BCUT2D eigenvalue weighted by molar-refractivity contribution is 5.95. The molecule has 0 radical (unpaired) electrons. The van der Waals surface area contributed by atoms with Gasteiger partial charge in [0.2, 0.25) is 5.91 Å². The summed E-state index contributed by atoms with van der Waals surface area (Å²) in [5, 5.41) is 5.05. The number of urea groups is 1. The number of imide groups is 1. The fourth-order valence-electron chi connectivity index (χ4n) is 2.51. The van der Waals surface area contributed by atoms with Gasteiger partial charge in [-0.25, -0.2) is 4.79 Å². The summed E-state index contributed by atoms with van der Waals surface area (Å²) in [4.78, 5) is 37.3. The van der Waals surface area contributed by atoms with Crippen LogP contribution in [0.5, 0.6) is 0 Å². The normalized spacial score (nSPS) is 14.7. The number of hydrogen-bond acceptors (Lipinski definition) is 5. The Labute approximate surface area is 147 Å². The van der Waals surface area contributed by atoms with Gasteiger partial charge in [0, 0.05) is 19.1 Å². The van der Waals surface area contributed by atoms with E-state index in [0.29, 0.717) is 13.1 Å². The second-order valence-corrected chi connectivity index (χ2v) is 6.38. The maximum Gasteiger partial charge on any atom is 0.321 e. The number of methoxy groups -OCH3 is 1. The van der Waals surface area contributed by atoms with Gasteiger partial charge in [0.1, 0.15) is 0 Å². The Morgan fingerprint density at radius 3 is 2.52 bits per heavy atom. The number of carbonyl (C=O) groups is 3. The summed E-state index contributed by atoms with van der Waals surface area (Å²) in [6.45, 7) is 2.63. The van der Waals surface area contributed by atoms with Crippen LogP contribution in [0.1, 0.15) is 25.3 Å². The van der Waals surface area contributed by atoms with E-state index >= 15 is 0 Å². The zero-order chi connectivity index (χ0) is 18.2. The average Bonchev–Trinajstić information content (AvgIpc) is 3.38. The maximum absolute atomic E-state index is 12.1. The van der Waals surface area contributed by atoms with Crippen LogP contribution in [0, 0.1) is 5.92 Å². The molecule has 25 heavy (non-hydrogen) atoms. The molecule has 0 aromatic heterocycles. The Hall–Kier alpha value is -2.41. The standard InChI is InChI=1S/C18H25N3O4/c1-13(17(23)25-2)10-21(11-14-6-4-3-5-7-14)12-16(22)20-18(24)19-15-8-9-15/h3-7,13,15H,8-12H2,1-2H3,(H2,19,20,22,24)/t13-/m0/s1. The zero-order valence-electron chi connectivity index (χ0n) is 14.7. The molecule has 1 aliphatic rings. The van der Waals surface area contributed by atoms with Crippen molar-refractivity contribution in [2.24, 2.45) is 5.92 Å². The van der Waals surface area contributed by atoms with Gasteiger partial charge in [-0.1, -0.05) is 37.3 Å². The van der Waals surface area contributed by atoms with E-state index < -0.39 is 11.9 Å². The monoisotopic (exact) mass is 347 g/mol. The molecule has 1 aromatic carbocycles. The molecule has 136 valence electrons. The van der Waals surface area contributed by atoms with Crippen LogP contribution in [-0.2, 0) is 20.9 Å². The smallest absolute Gasteiger partial charge is 0.321 e. The van der Waals surface area contributed by atoms with Crippen LogP contribution in [-0.4, -0.2) is 49.0 Å². The number of ether oxygens (including phenoxy) is 1. The van der Waals surface area contributed by atoms with E-state index in [9.17, 15) is 14.4 Å². The third kappa shape index (κ3) is 6.93. The lowest BCUT2D eigenvalue weighted by molar-refractivity contribution is -0.145. The number of amides is 3. The molecule has 0 spiro atoms. The molecule has 2 rings (SSSR count). The second kappa shape index (κ2) is 9.17. The van der Waals surface area contributed by atoms with E-state index in [1.807, 2.05) is 35.2 Å². The van der Waals surface area contributed by atoms with Crippen molar-refractivity contribution in [2.75, 3.05) is 20.2 Å². The first-order valence-corrected chi connectivity index (χ1v) is 8.42. The summed E-state index contributed by atoms with van der Waals surface area (Å²) in [7, 11) is 1.34. The van der Waals surface area contributed by atoms with Crippen LogP contribution >= 0.6 is 0 Å². The molecule has 0 bridgehead atoms. The van der Waals surface area contributed by atoms with E-state index in [4.69, 9.17) is 4.74 Å². The molecule has 0 heterocycles. The molecule has 3 amide bonds. The molecule has 1 aromatic rings. The van der Waals surface area contributed by atoms with Crippen molar-refractivity contribution in [2.45, 2.75) is 32.4 Å². The molecule has 0 aliphatic heterocycles. The Morgan fingerprint density at radius 1 is 1.24 bits per heavy atom. The van der Waals surface area contributed by atoms with Crippen LogP contribution < -0.4 is 10.6 Å². The Morgan fingerprint density at radius 2 is 1.92 bits per heavy atom. The lowest BCUT2D eigenvalue weighted by Crippen LogP contribution is -2.46. The maximum atomic E-state index is 12.1. The van der Waals surface area contributed by atoms with Crippen molar-refractivity contribution in [3.63, 3.8) is 0 Å². The molecule has 7 heteroatoms. The topological polar surface area (TPSA) is 87.7 Å². The first kappa shape index (κ1) is 18.9. The van der Waals surface area contributed by atoms with Crippen molar-refractivity contribution in [1.29, 1.82) is 0 Å². The fraction of sp³-hybridized carbons (Fsp3) is 0.500. The zero-order valence-corrected chi connectivity index (χ0v) is 14.7. The predicted octanol–water partition coefficient (Wildman–Crippen LogP) is 1.29. The Kier molecular flexibility index (Phi) is 6.94. The first-order chi connectivity index (χ1) is 12.0. The third-order valence-corrected chi connectivity index (χ3v) is 3.92. The molecular weight excluding hydrogens is 322 g/mol. The van der Waals surface area contributed by atoms with Crippen molar-refractivity contribution >= 4 is 17.9 Å². The van der Waals surface area contributed by atoms with Crippen LogP contribution in [0.3, 0.4) is 0 Å². The Bertz CT molecular complexity index is 602. The van der Waals surface area contributed by atoms with E-state index in [1.54, 1.807) is 6.92 Å². The van der Waals surface area contributed by atoms with E-state index in [2.05, 4.69) is 10.6 Å². The van der Waals surface area contributed by atoms with Gasteiger partial charge in [-0.2, -0.15) is 0 Å². The minimum atomic E-state index is -0.465. The average molecular weight is 347 g/mol. The SMILES string of the molecule is COC(=O)[C@@H](C)CN(CC(=O)NC(=O)NC1CC1)Cc1ccccc1. The number of rotatable bonds is 8. The summed E-state index contributed by atoms with van der Waals surface area (Å²) in [5.41, 5.74) is 1.02. The van der Waals surface area contributed by atoms with Gasteiger partial charge in [-0.15, -0.1) is 0 Å². The summed E-state index contributed by atoms with van der Waals surface area (Å²) in [5.74, 6) is -1.10. The van der Waals surface area contributed by atoms with Crippen molar-refractivity contribution < 1.29 is 19.1 Å². The van der Waals surface area contributed by atoms with Gasteiger partial charge >= 0.3 is 12.0 Å². The Balaban J connectivity index is 1.93. The molecule has 7 nitrogen and oxygen atoms in total. The number of nitrogens with zero attached hydrogens (tertiary/aromatic N) is 1.